The molecule has 0 bridgehead atoms. The molecule has 0 aliphatic carbocycles. The molecule has 0 aromatic heterocycles. The van der Waals surface area contributed by atoms with E-state index in [4.69, 9.17) is 13.1 Å². The standard InChI is InChI=1S/C14H26O4S/c1-13(2,3)19(14(4,5)6)17-9-11-12(18-19)10(15)7-8-16-11/h7-8,10-12,15H,9H2,1-6H3/t10-,11-,12+/m1/s1. The second-order valence-electron chi connectivity index (χ2n) is 7.07. The number of aliphatic hydroxyl groups excluding tert-OH is 1. The predicted molar refractivity (Wildman–Crippen MR) is 77.9 cm³/mol. The van der Waals surface area contributed by atoms with Crippen molar-refractivity contribution in [3.63, 3.8) is 0 Å². The summed E-state index contributed by atoms with van der Waals surface area (Å²) in [6.45, 7) is 13.3. The highest BCUT2D eigenvalue weighted by Gasteiger charge is 2.53. The van der Waals surface area contributed by atoms with Crippen LogP contribution < -0.4 is 0 Å². The van der Waals surface area contributed by atoms with Crippen molar-refractivity contribution in [1.29, 1.82) is 0 Å². The molecule has 0 saturated carbocycles. The van der Waals surface area contributed by atoms with Crippen molar-refractivity contribution in [2.24, 2.45) is 0 Å². The molecule has 0 spiro atoms. The predicted octanol–water partition coefficient (Wildman–Crippen LogP) is 2.91. The van der Waals surface area contributed by atoms with E-state index in [-0.39, 0.29) is 21.7 Å². The summed E-state index contributed by atoms with van der Waals surface area (Å²) in [7, 11) is -1.81. The molecule has 0 aromatic rings. The maximum Gasteiger partial charge on any atom is 0.154 e. The Labute approximate surface area is 117 Å². The fraction of sp³-hybridized carbons (Fsp3) is 0.857. The van der Waals surface area contributed by atoms with Crippen LogP contribution in [-0.4, -0.2) is 39.5 Å². The lowest BCUT2D eigenvalue weighted by Gasteiger charge is -2.64. The topological polar surface area (TPSA) is 47.9 Å². The van der Waals surface area contributed by atoms with E-state index in [0.717, 1.165) is 0 Å². The molecule has 0 aromatic carbocycles. The molecule has 0 radical (unpaired) electrons. The molecular formula is C14H26O4S. The second kappa shape index (κ2) is 4.65. The van der Waals surface area contributed by atoms with Gasteiger partial charge in [-0.1, -0.05) is 0 Å². The molecule has 0 amide bonds. The lowest BCUT2D eigenvalue weighted by atomic mass is 10.1. The van der Waals surface area contributed by atoms with Crippen LogP contribution in [0, 0.1) is 0 Å². The minimum absolute atomic E-state index is 0.128. The van der Waals surface area contributed by atoms with Gasteiger partial charge in [0.1, 0.15) is 12.7 Å². The molecule has 2 aliphatic heterocycles. The minimum Gasteiger partial charge on any atom is -0.493 e. The summed E-state index contributed by atoms with van der Waals surface area (Å²) in [5.74, 6) is 0. The molecule has 0 unspecified atom stereocenters. The summed E-state index contributed by atoms with van der Waals surface area (Å²) >= 11 is 0. The minimum atomic E-state index is -1.81. The van der Waals surface area contributed by atoms with Crippen LogP contribution in [0.25, 0.3) is 0 Å². The lowest BCUT2D eigenvalue weighted by molar-refractivity contribution is -0.0889. The van der Waals surface area contributed by atoms with E-state index in [1.54, 1.807) is 6.08 Å². The Morgan fingerprint density at radius 2 is 1.68 bits per heavy atom. The SMILES string of the molecule is CC(C)(C)S1(C(C)(C)C)OC[C@H]2OC=C[C@@H](O)[C@@H]2O1. The first-order valence-corrected chi connectivity index (χ1v) is 8.22. The largest absolute Gasteiger partial charge is 0.493 e. The number of ether oxygens (including phenoxy) is 1. The van der Waals surface area contributed by atoms with Crippen molar-refractivity contribution in [2.45, 2.75) is 69.3 Å². The van der Waals surface area contributed by atoms with Gasteiger partial charge in [-0.3, -0.25) is 8.37 Å². The molecule has 19 heavy (non-hydrogen) atoms. The van der Waals surface area contributed by atoms with Gasteiger partial charge in [0.25, 0.3) is 0 Å². The Hall–Kier alpha value is -0.230. The first-order chi connectivity index (χ1) is 8.58. The number of hydrogen-bond donors (Lipinski definition) is 1. The summed E-state index contributed by atoms with van der Waals surface area (Å²) in [6.07, 6.45) is 1.99. The van der Waals surface area contributed by atoms with E-state index in [1.807, 2.05) is 0 Å². The smallest absolute Gasteiger partial charge is 0.154 e. The molecule has 1 fully saturated rings. The van der Waals surface area contributed by atoms with Crippen molar-refractivity contribution >= 4 is 10.6 Å². The number of aliphatic hydroxyl groups is 1. The van der Waals surface area contributed by atoms with E-state index < -0.39 is 16.7 Å². The third-order valence-electron chi connectivity index (χ3n) is 3.49. The van der Waals surface area contributed by atoms with Gasteiger partial charge in [0.2, 0.25) is 0 Å². The van der Waals surface area contributed by atoms with E-state index >= 15 is 0 Å². The number of hydrogen-bond acceptors (Lipinski definition) is 4. The van der Waals surface area contributed by atoms with Crippen LogP contribution in [0.5, 0.6) is 0 Å². The molecule has 1 N–H and O–H groups in total. The van der Waals surface area contributed by atoms with Crippen molar-refractivity contribution in [2.75, 3.05) is 6.61 Å². The maximum atomic E-state index is 10.1. The summed E-state index contributed by atoms with van der Waals surface area (Å²) < 4.78 is 17.8. The van der Waals surface area contributed by atoms with Gasteiger partial charge in [0.05, 0.1) is 15.8 Å². The molecule has 3 atom stereocenters. The van der Waals surface area contributed by atoms with Crippen LogP contribution in [0.4, 0.5) is 0 Å². The van der Waals surface area contributed by atoms with Gasteiger partial charge in [0, 0.05) is 0 Å². The molecule has 2 aliphatic rings. The summed E-state index contributed by atoms with van der Waals surface area (Å²) in [4.78, 5) is 0. The third kappa shape index (κ3) is 2.42. The number of rotatable bonds is 0. The fourth-order valence-electron chi connectivity index (χ4n) is 2.79. The summed E-state index contributed by atoms with van der Waals surface area (Å²) in [5, 5.41) is 10.1. The van der Waals surface area contributed by atoms with Gasteiger partial charge in [-0.15, -0.1) is 0 Å². The average molecular weight is 290 g/mol. The summed E-state index contributed by atoms with van der Waals surface area (Å²) in [5.41, 5.74) is 0. The van der Waals surface area contributed by atoms with Crippen molar-refractivity contribution in [3.8, 4) is 0 Å². The quantitative estimate of drug-likeness (QED) is 0.745. The molecule has 2 heterocycles. The molecular weight excluding hydrogens is 264 g/mol. The van der Waals surface area contributed by atoms with E-state index in [9.17, 15) is 5.11 Å². The van der Waals surface area contributed by atoms with Gasteiger partial charge in [0.15, 0.2) is 12.2 Å². The monoisotopic (exact) mass is 290 g/mol. The molecule has 1 saturated heterocycles. The van der Waals surface area contributed by atoms with E-state index in [0.29, 0.717) is 6.61 Å². The highest BCUT2D eigenvalue weighted by atomic mass is 32.3. The van der Waals surface area contributed by atoms with Crippen LogP contribution in [0.3, 0.4) is 0 Å². The highest BCUT2D eigenvalue weighted by molar-refractivity contribution is 8.28. The van der Waals surface area contributed by atoms with E-state index in [1.165, 1.54) is 6.26 Å². The van der Waals surface area contributed by atoms with Gasteiger partial charge < -0.3 is 9.84 Å². The third-order valence-corrected chi connectivity index (χ3v) is 7.68. The van der Waals surface area contributed by atoms with Gasteiger partial charge in [-0.2, -0.15) is 10.6 Å². The first-order valence-electron chi connectivity index (χ1n) is 6.74. The second-order valence-corrected chi connectivity index (χ2v) is 11.0. The number of fused-ring (bicyclic) bond motifs is 1. The lowest BCUT2D eigenvalue weighted by Crippen LogP contribution is -2.55. The Bertz CT molecular complexity index is 353. The maximum absolute atomic E-state index is 10.1. The van der Waals surface area contributed by atoms with Crippen molar-refractivity contribution in [3.05, 3.63) is 12.3 Å². The van der Waals surface area contributed by atoms with Gasteiger partial charge in [-0.25, -0.2) is 0 Å². The van der Waals surface area contributed by atoms with Crippen LogP contribution in [0.15, 0.2) is 12.3 Å². The molecule has 4 nitrogen and oxygen atoms in total. The Kier molecular flexibility index (Phi) is 3.71. The Balaban J connectivity index is 2.36. The average Bonchev–Trinajstić information content (AvgIpc) is 2.26. The molecule has 5 heteroatoms. The summed E-state index contributed by atoms with van der Waals surface area (Å²) in [6, 6.07) is 0. The fourth-order valence-corrected chi connectivity index (χ4v) is 6.85. The van der Waals surface area contributed by atoms with Crippen LogP contribution in [0.1, 0.15) is 41.5 Å². The first kappa shape index (κ1) is 15.2. The highest BCUT2D eigenvalue weighted by Crippen LogP contribution is 2.71. The zero-order valence-corrected chi connectivity index (χ0v) is 13.5. The van der Waals surface area contributed by atoms with Crippen LogP contribution >= 0.6 is 10.6 Å². The van der Waals surface area contributed by atoms with Crippen LogP contribution in [0.2, 0.25) is 0 Å². The van der Waals surface area contributed by atoms with Crippen LogP contribution in [-0.2, 0) is 13.1 Å². The zero-order valence-electron chi connectivity index (χ0n) is 12.7. The van der Waals surface area contributed by atoms with E-state index in [2.05, 4.69) is 41.5 Å². The van der Waals surface area contributed by atoms with Gasteiger partial charge in [-0.05, 0) is 47.6 Å². The normalized spacial score (nSPS) is 36.3. The van der Waals surface area contributed by atoms with Crippen molar-refractivity contribution in [1.82, 2.24) is 0 Å². The molecule has 112 valence electrons. The Morgan fingerprint density at radius 1 is 1.11 bits per heavy atom. The molecule has 2 rings (SSSR count). The van der Waals surface area contributed by atoms with Gasteiger partial charge >= 0.3 is 0 Å². The zero-order chi connectivity index (χ0) is 14.5. The Morgan fingerprint density at radius 3 is 2.21 bits per heavy atom. The van der Waals surface area contributed by atoms with Crippen molar-refractivity contribution < 1.29 is 18.2 Å².